The summed E-state index contributed by atoms with van der Waals surface area (Å²) in [5.74, 6) is 2.13. The number of methoxy groups -OCH3 is 3. The zero-order valence-electron chi connectivity index (χ0n) is 14.0. The molecule has 0 saturated heterocycles. The normalized spacial score (nSPS) is 12.0. The number of hydrogen-bond acceptors (Lipinski definition) is 4. The van der Waals surface area contributed by atoms with Crippen molar-refractivity contribution in [1.82, 2.24) is 5.32 Å². The van der Waals surface area contributed by atoms with E-state index < -0.39 is 0 Å². The third-order valence-corrected chi connectivity index (χ3v) is 3.60. The summed E-state index contributed by atoms with van der Waals surface area (Å²) in [5.41, 5.74) is 1.14. The Kier molecular flexibility index (Phi) is 7.98. The summed E-state index contributed by atoms with van der Waals surface area (Å²) < 4.78 is 16.4. The van der Waals surface area contributed by atoms with Gasteiger partial charge in [-0.3, -0.25) is 0 Å². The first-order chi connectivity index (χ1) is 10.2. The number of benzene rings is 1. The SMILES string of the molecule is CCCCC(NCCC)c1ccc(OC)c(OC)c1OC. The quantitative estimate of drug-likeness (QED) is 0.709. The number of hydrogen-bond donors (Lipinski definition) is 1. The van der Waals surface area contributed by atoms with Crippen molar-refractivity contribution in [3.63, 3.8) is 0 Å². The molecule has 1 aromatic rings. The number of nitrogens with one attached hydrogen (secondary N) is 1. The molecule has 1 N–H and O–H groups in total. The van der Waals surface area contributed by atoms with Crippen molar-refractivity contribution in [3.05, 3.63) is 17.7 Å². The summed E-state index contributed by atoms with van der Waals surface area (Å²) in [4.78, 5) is 0. The molecule has 1 rings (SSSR count). The van der Waals surface area contributed by atoms with Gasteiger partial charge in [-0.15, -0.1) is 0 Å². The van der Waals surface area contributed by atoms with Crippen molar-refractivity contribution < 1.29 is 14.2 Å². The highest BCUT2D eigenvalue weighted by Gasteiger charge is 2.21. The fourth-order valence-corrected chi connectivity index (χ4v) is 2.49. The lowest BCUT2D eigenvalue weighted by atomic mass is 9.99. The number of rotatable bonds is 10. The van der Waals surface area contributed by atoms with Gasteiger partial charge in [0.05, 0.1) is 21.3 Å². The average molecular weight is 295 g/mol. The van der Waals surface area contributed by atoms with Crippen molar-refractivity contribution >= 4 is 0 Å². The van der Waals surface area contributed by atoms with Gasteiger partial charge in [-0.05, 0) is 31.5 Å². The molecule has 0 aliphatic heterocycles. The van der Waals surface area contributed by atoms with Crippen LogP contribution in [0.3, 0.4) is 0 Å². The molecule has 120 valence electrons. The predicted molar refractivity (Wildman–Crippen MR) is 86.7 cm³/mol. The van der Waals surface area contributed by atoms with Crippen LogP contribution < -0.4 is 19.5 Å². The second-order valence-electron chi connectivity index (χ2n) is 5.07. The molecule has 0 bridgehead atoms. The second-order valence-corrected chi connectivity index (χ2v) is 5.07. The minimum Gasteiger partial charge on any atom is -0.493 e. The molecular weight excluding hydrogens is 266 g/mol. The van der Waals surface area contributed by atoms with Crippen molar-refractivity contribution in [2.24, 2.45) is 0 Å². The smallest absolute Gasteiger partial charge is 0.203 e. The van der Waals surface area contributed by atoms with Crippen LogP contribution in [0, 0.1) is 0 Å². The first kappa shape index (κ1) is 17.6. The molecule has 1 atom stereocenters. The summed E-state index contributed by atoms with van der Waals surface area (Å²) in [6.45, 7) is 5.38. The Labute approximate surface area is 128 Å². The first-order valence-electron chi connectivity index (χ1n) is 7.75. The molecule has 0 heterocycles. The zero-order chi connectivity index (χ0) is 15.7. The van der Waals surface area contributed by atoms with E-state index in [0.29, 0.717) is 11.5 Å². The van der Waals surface area contributed by atoms with Gasteiger partial charge in [-0.1, -0.05) is 26.7 Å². The molecular formula is C17H29NO3. The summed E-state index contributed by atoms with van der Waals surface area (Å²) in [6, 6.07) is 4.30. The molecule has 4 nitrogen and oxygen atoms in total. The maximum Gasteiger partial charge on any atom is 0.203 e. The van der Waals surface area contributed by atoms with Crippen LogP contribution in [0.15, 0.2) is 12.1 Å². The van der Waals surface area contributed by atoms with Crippen LogP contribution in [0.5, 0.6) is 17.2 Å². The van der Waals surface area contributed by atoms with Crippen molar-refractivity contribution in [2.75, 3.05) is 27.9 Å². The Balaban J connectivity index is 3.16. The lowest BCUT2D eigenvalue weighted by Gasteiger charge is -2.23. The van der Waals surface area contributed by atoms with Gasteiger partial charge in [0.25, 0.3) is 0 Å². The topological polar surface area (TPSA) is 39.7 Å². The molecule has 0 saturated carbocycles. The zero-order valence-corrected chi connectivity index (χ0v) is 14.0. The van der Waals surface area contributed by atoms with Crippen molar-refractivity contribution in [1.29, 1.82) is 0 Å². The van der Waals surface area contributed by atoms with Crippen molar-refractivity contribution in [3.8, 4) is 17.2 Å². The lowest BCUT2D eigenvalue weighted by molar-refractivity contribution is 0.318. The monoisotopic (exact) mass is 295 g/mol. The van der Waals surface area contributed by atoms with E-state index in [2.05, 4.69) is 25.2 Å². The molecule has 1 unspecified atom stereocenters. The minimum atomic E-state index is 0.277. The third-order valence-electron chi connectivity index (χ3n) is 3.60. The number of unbranched alkanes of at least 4 members (excludes halogenated alkanes) is 1. The van der Waals surface area contributed by atoms with Crippen LogP contribution in [0.25, 0.3) is 0 Å². The summed E-state index contributed by atoms with van der Waals surface area (Å²) in [7, 11) is 4.96. The molecule has 0 radical (unpaired) electrons. The van der Waals surface area contributed by atoms with Crippen molar-refractivity contribution in [2.45, 2.75) is 45.6 Å². The van der Waals surface area contributed by atoms with Gasteiger partial charge in [0.1, 0.15) is 0 Å². The van der Waals surface area contributed by atoms with Crippen LogP contribution in [0.1, 0.15) is 51.1 Å². The van der Waals surface area contributed by atoms with E-state index in [1.807, 2.05) is 6.07 Å². The fourth-order valence-electron chi connectivity index (χ4n) is 2.49. The Morgan fingerprint density at radius 3 is 2.19 bits per heavy atom. The molecule has 0 aromatic heterocycles. The van der Waals surface area contributed by atoms with Gasteiger partial charge in [-0.25, -0.2) is 0 Å². The van der Waals surface area contributed by atoms with E-state index >= 15 is 0 Å². The summed E-state index contributed by atoms with van der Waals surface area (Å²) in [6.07, 6.45) is 4.55. The van der Waals surface area contributed by atoms with E-state index in [1.165, 1.54) is 12.8 Å². The van der Waals surface area contributed by atoms with Gasteiger partial charge >= 0.3 is 0 Å². The first-order valence-corrected chi connectivity index (χ1v) is 7.75. The number of ether oxygens (including phenoxy) is 3. The van der Waals surface area contributed by atoms with Crippen LogP contribution in [0.4, 0.5) is 0 Å². The molecule has 1 aromatic carbocycles. The Morgan fingerprint density at radius 1 is 0.952 bits per heavy atom. The van der Waals surface area contributed by atoms with E-state index in [-0.39, 0.29) is 6.04 Å². The molecule has 0 aliphatic carbocycles. The highest BCUT2D eigenvalue weighted by atomic mass is 16.5. The molecule has 0 aliphatic rings. The largest absolute Gasteiger partial charge is 0.493 e. The maximum atomic E-state index is 5.61. The molecule has 4 heteroatoms. The van der Waals surface area contributed by atoms with Crippen LogP contribution in [0.2, 0.25) is 0 Å². The van der Waals surface area contributed by atoms with E-state index in [1.54, 1.807) is 21.3 Å². The van der Waals surface area contributed by atoms with Gasteiger partial charge < -0.3 is 19.5 Å². The molecule has 0 amide bonds. The van der Waals surface area contributed by atoms with Gasteiger partial charge in [0.2, 0.25) is 5.75 Å². The fraction of sp³-hybridized carbons (Fsp3) is 0.647. The van der Waals surface area contributed by atoms with Gasteiger partial charge in [0.15, 0.2) is 11.5 Å². The van der Waals surface area contributed by atoms with Gasteiger partial charge in [0, 0.05) is 11.6 Å². The second kappa shape index (κ2) is 9.50. The summed E-state index contributed by atoms with van der Waals surface area (Å²) >= 11 is 0. The predicted octanol–water partition coefficient (Wildman–Crippen LogP) is 3.94. The highest BCUT2D eigenvalue weighted by molar-refractivity contribution is 5.56. The van der Waals surface area contributed by atoms with E-state index in [9.17, 15) is 0 Å². The summed E-state index contributed by atoms with van der Waals surface area (Å²) in [5, 5.41) is 3.61. The molecule has 0 fully saturated rings. The lowest BCUT2D eigenvalue weighted by Crippen LogP contribution is -2.23. The minimum absolute atomic E-state index is 0.277. The molecule has 21 heavy (non-hydrogen) atoms. The van der Waals surface area contributed by atoms with E-state index in [0.717, 1.165) is 30.7 Å². The van der Waals surface area contributed by atoms with Crippen LogP contribution >= 0.6 is 0 Å². The third kappa shape index (κ3) is 4.53. The van der Waals surface area contributed by atoms with Crippen LogP contribution in [-0.4, -0.2) is 27.9 Å². The van der Waals surface area contributed by atoms with Gasteiger partial charge in [-0.2, -0.15) is 0 Å². The Morgan fingerprint density at radius 2 is 1.67 bits per heavy atom. The maximum absolute atomic E-state index is 5.61. The Bertz CT molecular complexity index is 413. The molecule has 0 spiro atoms. The Hall–Kier alpha value is -1.42. The van der Waals surface area contributed by atoms with E-state index in [4.69, 9.17) is 14.2 Å². The standard InChI is InChI=1S/C17H29NO3/c1-6-8-9-14(18-12-7-2)13-10-11-15(19-3)17(21-5)16(13)20-4/h10-11,14,18H,6-9,12H2,1-5H3. The highest BCUT2D eigenvalue weighted by Crippen LogP contribution is 2.42. The average Bonchev–Trinajstić information content (AvgIpc) is 2.53. The van der Waals surface area contributed by atoms with Crippen LogP contribution in [-0.2, 0) is 0 Å².